The lowest BCUT2D eigenvalue weighted by Gasteiger charge is -2.17. The molecule has 0 saturated carbocycles. The fourth-order valence-electron chi connectivity index (χ4n) is 2.81. The number of para-hydroxylation sites is 1. The second-order valence-corrected chi connectivity index (χ2v) is 7.32. The fourth-order valence-corrected chi connectivity index (χ4v) is 3.86. The number of amides is 1. The number of carbonyl (C=O) groups is 1. The number of thiazole rings is 1. The normalized spacial score (nSPS) is 12.3. The van der Waals surface area contributed by atoms with Crippen LogP contribution in [0.3, 0.4) is 0 Å². The highest BCUT2D eigenvalue weighted by Gasteiger charge is 2.19. The Morgan fingerprint density at radius 2 is 1.92 bits per heavy atom. The van der Waals surface area contributed by atoms with Gasteiger partial charge >= 0.3 is 4.87 Å². The van der Waals surface area contributed by atoms with Crippen LogP contribution in [0.4, 0.5) is 5.69 Å². The molecule has 0 bridgehead atoms. The van der Waals surface area contributed by atoms with E-state index in [0.29, 0.717) is 17.9 Å². The number of fused-ring (bicyclic) bond motifs is 1. The molecule has 5 nitrogen and oxygen atoms in total. The van der Waals surface area contributed by atoms with Crippen molar-refractivity contribution in [2.45, 2.75) is 39.3 Å². The Bertz CT molecular complexity index is 960. The molecule has 3 rings (SSSR count). The lowest BCUT2D eigenvalue weighted by atomic mass is 10.2. The van der Waals surface area contributed by atoms with Gasteiger partial charge in [-0.3, -0.25) is 14.2 Å². The molecule has 1 N–H and O–H groups in total. The highest BCUT2D eigenvalue weighted by Crippen LogP contribution is 2.24. The number of carbonyl (C=O) groups excluding carboxylic acids is 1. The van der Waals surface area contributed by atoms with E-state index in [9.17, 15) is 9.59 Å². The number of aromatic nitrogens is 1. The zero-order valence-corrected chi connectivity index (χ0v) is 15.9. The van der Waals surface area contributed by atoms with E-state index >= 15 is 0 Å². The molecule has 0 unspecified atom stereocenters. The van der Waals surface area contributed by atoms with Crippen molar-refractivity contribution in [3.8, 4) is 5.75 Å². The van der Waals surface area contributed by atoms with Crippen molar-refractivity contribution >= 4 is 33.1 Å². The third-order valence-corrected chi connectivity index (χ3v) is 5.00. The molecule has 6 heteroatoms. The van der Waals surface area contributed by atoms with Crippen LogP contribution in [0.15, 0.2) is 53.3 Å². The van der Waals surface area contributed by atoms with Crippen LogP contribution in [-0.2, 0) is 4.79 Å². The largest absolute Gasteiger partial charge is 0.481 e. The van der Waals surface area contributed by atoms with Crippen LogP contribution in [0.5, 0.6) is 5.75 Å². The second kappa shape index (κ2) is 7.74. The third kappa shape index (κ3) is 3.80. The summed E-state index contributed by atoms with van der Waals surface area (Å²) in [7, 11) is 0. The maximum absolute atomic E-state index is 12.6. The Kier molecular flexibility index (Phi) is 5.42. The summed E-state index contributed by atoms with van der Waals surface area (Å²) in [5.74, 6) is 0.462. The lowest BCUT2D eigenvalue weighted by molar-refractivity contribution is -0.122. The van der Waals surface area contributed by atoms with Crippen LogP contribution in [0.1, 0.15) is 33.2 Å². The van der Waals surface area contributed by atoms with Crippen LogP contribution in [-0.4, -0.2) is 16.6 Å². The Balaban J connectivity index is 1.79. The maximum atomic E-state index is 12.6. The minimum Gasteiger partial charge on any atom is -0.481 e. The predicted octanol–water partition coefficient (Wildman–Crippen LogP) is 4.44. The molecule has 136 valence electrons. The molecule has 2 aromatic carbocycles. The van der Waals surface area contributed by atoms with Crippen LogP contribution in [0, 0.1) is 0 Å². The first-order valence-electron chi connectivity index (χ1n) is 8.67. The van der Waals surface area contributed by atoms with Crippen molar-refractivity contribution in [3.05, 3.63) is 58.2 Å². The monoisotopic (exact) mass is 370 g/mol. The molecule has 1 amide bonds. The number of anilines is 1. The fraction of sp³-hybridized carbons (Fsp3) is 0.300. The molecule has 1 aromatic heterocycles. The van der Waals surface area contributed by atoms with E-state index in [2.05, 4.69) is 5.32 Å². The third-order valence-electron chi connectivity index (χ3n) is 4.08. The van der Waals surface area contributed by atoms with E-state index in [1.165, 1.54) is 11.3 Å². The van der Waals surface area contributed by atoms with Gasteiger partial charge in [0.1, 0.15) is 5.75 Å². The molecular formula is C20H22N2O3S. The summed E-state index contributed by atoms with van der Waals surface area (Å²) in [6.07, 6.45) is -0.0212. The molecule has 1 atom stereocenters. The summed E-state index contributed by atoms with van der Waals surface area (Å²) in [5, 5.41) is 2.89. The first kappa shape index (κ1) is 18.2. The Hall–Kier alpha value is -2.60. The average molecular weight is 370 g/mol. The van der Waals surface area contributed by atoms with E-state index in [-0.39, 0.29) is 16.8 Å². The number of nitrogens with one attached hydrogen (secondary N) is 1. The van der Waals surface area contributed by atoms with Crippen LogP contribution in [0.2, 0.25) is 0 Å². The lowest BCUT2D eigenvalue weighted by Crippen LogP contribution is -2.32. The van der Waals surface area contributed by atoms with Crippen molar-refractivity contribution in [1.29, 1.82) is 0 Å². The molecule has 0 aliphatic heterocycles. The predicted molar refractivity (Wildman–Crippen MR) is 106 cm³/mol. The number of benzene rings is 2. The first-order chi connectivity index (χ1) is 12.5. The van der Waals surface area contributed by atoms with Crippen molar-refractivity contribution in [2.75, 3.05) is 5.32 Å². The van der Waals surface area contributed by atoms with E-state index in [1.54, 1.807) is 4.57 Å². The van der Waals surface area contributed by atoms with Crippen LogP contribution >= 0.6 is 11.3 Å². The van der Waals surface area contributed by atoms with Gasteiger partial charge in [0.25, 0.3) is 5.91 Å². The van der Waals surface area contributed by atoms with E-state index < -0.39 is 6.10 Å². The van der Waals surface area contributed by atoms with Gasteiger partial charge in [-0.2, -0.15) is 0 Å². The smallest absolute Gasteiger partial charge is 0.308 e. The summed E-state index contributed by atoms with van der Waals surface area (Å²) in [5.41, 5.74) is 1.55. The first-order valence-corrected chi connectivity index (χ1v) is 9.49. The summed E-state index contributed by atoms with van der Waals surface area (Å²) >= 11 is 1.19. The zero-order chi connectivity index (χ0) is 18.7. The van der Waals surface area contributed by atoms with Gasteiger partial charge in [0.05, 0.1) is 10.2 Å². The SMILES string of the molecule is CC[C@@H](Oc1ccccc1)C(=O)Nc1ccc2c(c1)sc(=O)n2C(C)C. The maximum Gasteiger partial charge on any atom is 0.308 e. The quantitative estimate of drug-likeness (QED) is 0.698. The van der Waals surface area contributed by atoms with E-state index in [1.807, 2.05) is 69.3 Å². The van der Waals surface area contributed by atoms with Gasteiger partial charge in [-0.05, 0) is 50.6 Å². The van der Waals surface area contributed by atoms with Crippen LogP contribution < -0.4 is 14.9 Å². The topological polar surface area (TPSA) is 60.3 Å². The van der Waals surface area contributed by atoms with Crippen molar-refractivity contribution in [2.24, 2.45) is 0 Å². The van der Waals surface area contributed by atoms with Gasteiger partial charge in [0, 0.05) is 11.7 Å². The van der Waals surface area contributed by atoms with Gasteiger partial charge in [0.15, 0.2) is 6.10 Å². The van der Waals surface area contributed by atoms with Crippen molar-refractivity contribution in [1.82, 2.24) is 4.57 Å². The molecule has 1 heterocycles. The second-order valence-electron chi connectivity index (χ2n) is 6.33. The van der Waals surface area contributed by atoms with E-state index in [0.717, 1.165) is 10.2 Å². The summed E-state index contributed by atoms with van der Waals surface area (Å²) in [4.78, 5) is 24.7. The number of rotatable bonds is 6. The molecule has 26 heavy (non-hydrogen) atoms. The average Bonchev–Trinajstić information content (AvgIpc) is 2.95. The van der Waals surface area contributed by atoms with Crippen LogP contribution in [0.25, 0.3) is 10.2 Å². The molecule has 0 aliphatic rings. The Morgan fingerprint density at radius 3 is 2.58 bits per heavy atom. The van der Waals surface area contributed by atoms with E-state index in [4.69, 9.17) is 4.74 Å². The molecule has 0 radical (unpaired) electrons. The number of hydrogen-bond donors (Lipinski definition) is 1. The standard InChI is InChI=1S/C20H22N2O3S/c1-4-17(25-15-8-6-5-7-9-15)19(23)21-14-10-11-16-18(12-14)26-20(24)22(16)13(2)3/h5-13,17H,4H2,1-3H3,(H,21,23)/t17-/m1/s1. The number of ether oxygens (including phenoxy) is 1. The minimum atomic E-state index is -0.577. The summed E-state index contributed by atoms with van der Waals surface area (Å²) < 4.78 is 8.40. The summed E-state index contributed by atoms with van der Waals surface area (Å²) in [6, 6.07) is 14.9. The number of nitrogens with zero attached hydrogens (tertiary/aromatic N) is 1. The van der Waals surface area contributed by atoms with Crippen molar-refractivity contribution in [3.63, 3.8) is 0 Å². The highest BCUT2D eigenvalue weighted by atomic mass is 32.1. The van der Waals surface area contributed by atoms with Crippen molar-refractivity contribution < 1.29 is 9.53 Å². The number of hydrogen-bond acceptors (Lipinski definition) is 4. The zero-order valence-electron chi connectivity index (χ0n) is 15.1. The molecule has 0 aliphatic carbocycles. The van der Waals surface area contributed by atoms with Gasteiger partial charge < -0.3 is 10.1 Å². The molecule has 3 aromatic rings. The van der Waals surface area contributed by atoms with Gasteiger partial charge in [0.2, 0.25) is 0 Å². The van der Waals surface area contributed by atoms with Gasteiger partial charge in [-0.15, -0.1) is 0 Å². The van der Waals surface area contributed by atoms with Gasteiger partial charge in [-0.25, -0.2) is 0 Å². The minimum absolute atomic E-state index is 0.0114. The molecule has 0 saturated heterocycles. The molecular weight excluding hydrogens is 348 g/mol. The Morgan fingerprint density at radius 1 is 1.19 bits per heavy atom. The highest BCUT2D eigenvalue weighted by molar-refractivity contribution is 7.16. The Labute approximate surface area is 156 Å². The summed E-state index contributed by atoms with van der Waals surface area (Å²) in [6.45, 7) is 5.87. The van der Waals surface area contributed by atoms with Gasteiger partial charge in [-0.1, -0.05) is 36.5 Å². The molecule has 0 spiro atoms. The molecule has 0 fully saturated rings.